The number of nitrogens with one attached hydrogen (secondary N) is 1. The third-order valence-corrected chi connectivity index (χ3v) is 3.18. The van der Waals surface area contributed by atoms with Gasteiger partial charge in [0.1, 0.15) is 5.82 Å². The van der Waals surface area contributed by atoms with E-state index in [1.165, 1.54) is 6.07 Å². The van der Waals surface area contributed by atoms with Gasteiger partial charge in [-0.2, -0.15) is 0 Å². The third-order valence-electron chi connectivity index (χ3n) is 3.18. The molecule has 2 heterocycles. The summed E-state index contributed by atoms with van der Waals surface area (Å²) in [6.07, 6.45) is 2.37. The highest BCUT2D eigenvalue weighted by atomic mass is 16.5. The molecule has 2 atom stereocenters. The lowest BCUT2D eigenvalue weighted by molar-refractivity contribution is 0.0689. The average Bonchev–Trinajstić information content (AvgIpc) is 2.84. The molecule has 18 heavy (non-hydrogen) atoms. The highest BCUT2D eigenvalue weighted by Gasteiger charge is 2.26. The molecule has 98 valence electrons. The van der Waals surface area contributed by atoms with Crippen molar-refractivity contribution in [3.8, 4) is 0 Å². The number of rotatable bonds is 5. The van der Waals surface area contributed by atoms with Crippen LogP contribution < -0.4 is 5.32 Å². The smallest absolute Gasteiger partial charge is 0.356 e. The maximum absolute atomic E-state index is 10.6. The fourth-order valence-corrected chi connectivity index (χ4v) is 2.15. The molecule has 1 aliphatic rings. The molecule has 6 nitrogen and oxygen atoms in total. The van der Waals surface area contributed by atoms with Gasteiger partial charge < -0.3 is 15.2 Å². The van der Waals surface area contributed by atoms with E-state index in [0.717, 1.165) is 26.0 Å². The van der Waals surface area contributed by atoms with Crippen LogP contribution in [0.4, 0.5) is 5.82 Å². The number of hydrogen-bond donors (Lipinski definition) is 2. The first-order chi connectivity index (χ1) is 8.70. The van der Waals surface area contributed by atoms with Crippen LogP contribution in [0.1, 0.15) is 30.3 Å². The summed E-state index contributed by atoms with van der Waals surface area (Å²) in [5, 5.41) is 19.3. The largest absolute Gasteiger partial charge is 0.476 e. The predicted octanol–water partition coefficient (Wildman–Crippen LogP) is 1.40. The minimum Gasteiger partial charge on any atom is -0.476 e. The van der Waals surface area contributed by atoms with Crippen LogP contribution in [-0.4, -0.2) is 40.5 Å². The summed E-state index contributed by atoms with van der Waals surface area (Å²) in [5.74, 6) is 0.0157. The number of aromatic nitrogens is 2. The Morgan fingerprint density at radius 2 is 2.39 bits per heavy atom. The Balaban J connectivity index is 1.88. The number of carboxylic acids is 1. The fourth-order valence-electron chi connectivity index (χ4n) is 2.15. The highest BCUT2D eigenvalue weighted by molar-refractivity contribution is 5.85. The molecule has 2 rings (SSSR count). The van der Waals surface area contributed by atoms with Crippen LogP contribution >= 0.6 is 0 Å². The maximum atomic E-state index is 10.6. The lowest BCUT2D eigenvalue weighted by Crippen LogP contribution is -2.23. The molecule has 1 aromatic heterocycles. The minimum absolute atomic E-state index is 0.0452. The molecule has 0 bridgehead atoms. The molecule has 6 heteroatoms. The number of nitrogens with zero attached hydrogens (tertiary/aromatic N) is 2. The second-order valence-electron chi connectivity index (χ2n) is 4.36. The molecule has 0 amide bonds. The minimum atomic E-state index is -1.07. The summed E-state index contributed by atoms with van der Waals surface area (Å²) in [5.41, 5.74) is -0.0452. The molecule has 0 aromatic carbocycles. The van der Waals surface area contributed by atoms with Gasteiger partial charge in [0, 0.05) is 19.1 Å². The van der Waals surface area contributed by atoms with Crippen LogP contribution in [0.15, 0.2) is 12.1 Å². The van der Waals surface area contributed by atoms with Gasteiger partial charge in [-0.1, -0.05) is 6.92 Å². The van der Waals surface area contributed by atoms with Gasteiger partial charge in [0.05, 0.1) is 6.10 Å². The number of hydrogen-bond acceptors (Lipinski definition) is 5. The Morgan fingerprint density at radius 3 is 3.00 bits per heavy atom. The van der Waals surface area contributed by atoms with Crippen LogP contribution in [0.5, 0.6) is 0 Å². The van der Waals surface area contributed by atoms with Crippen LogP contribution in [0.25, 0.3) is 0 Å². The molecule has 1 aromatic rings. The first-order valence-electron chi connectivity index (χ1n) is 6.13. The monoisotopic (exact) mass is 251 g/mol. The molecular formula is C12H17N3O3. The maximum Gasteiger partial charge on any atom is 0.356 e. The van der Waals surface area contributed by atoms with E-state index in [1.807, 2.05) is 0 Å². The first kappa shape index (κ1) is 12.8. The highest BCUT2D eigenvalue weighted by Crippen LogP contribution is 2.23. The van der Waals surface area contributed by atoms with Crippen molar-refractivity contribution in [2.24, 2.45) is 5.92 Å². The zero-order valence-electron chi connectivity index (χ0n) is 10.3. The Bertz CT molecular complexity index is 408. The molecule has 1 saturated heterocycles. The van der Waals surface area contributed by atoms with Gasteiger partial charge in [-0.3, -0.25) is 0 Å². The zero-order chi connectivity index (χ0) is 13.0. The van der Waals surface area contributed by atoms with Gasteiger partial charge in [-0.25, -0.2) is 4.79 Å². The van der Waals surface area contributed by atoms with Crippen LogP contribution in [0, 0.1) is 5.92 Å². The molecule has 2 unspecified atom stereocenters. The van der Waals surface area contributed by atoms with Crippen molar-refractivity contribution >= 4 is 11.8 Å². The normalized spacial score (nSPS) is 22.9. The van der Waals surface area contributed by atoms with Crippen LogP contribution in [0.2, 0.25) is 0 Å². The number of carbonyl (C=O) groups is 1. The molecule has 0 saturated carbocycles. The van der Waals surface area contributed by atoms with Crippen molar-refractivity contribution in [1.29, 1.82) is 0 Å². The Kier molecular flexibility index (Phi) is 4.09. The number of ether oxygens (including phenoxy) is 1. The first-order valence-corrected chi connectivity index (χ1v) is 6.13. The summed E-state index contributed by atoms with van der Waals surface area (Å²) >= 11 is 0. The molecule has 0 radical (unpaired) electrons. The Morgan fingerprint density at radius 1 is 1.56 bits per heavy atom. The van der Waals surface area contributed by atoms with E-state index in [9.17, 15) is 4.79 Å². The number of anilines is 1. The van der Waals surface area contributed by atoms with Gasteiger partial charge in [-0.05, 0) is 25.0 Å². The molecule has 2 N–H and O–H groups in total. The van der Waals surface area contributed by atoms with E-state index in [0.29, 0.717) is 17.8 Å². The zero-order valence-corrected chi connectivity index (χ0v) is 10.3. The number of aromatic carboxylic acids is 1. The Hall–Kier alpha value is -1.69. The topological polar surface area (TPSA) is 84.3 Å². The van der Waals surface area contributed by atoms with Gasteiger partial charge >= 0.3 is 5.97 Å². The van der Waals surface area contributed by atoms with Gasteiger partial charge in [0.15, 0.2) is 5.69 Å². The second-order valence-corrected chi connectivity index (χ2v) is 4.36. The lowest BCUT2D eigenvalue weighted by Gasteiger charge is -2.17. The van der Waals surface area contributed by atoms with Gasteiger partial charge in [0.25, 0.3) is 0 Å². The van der Waals surface area contributed by atoms with Crippen molar-refractivity contribution in [1.82, 2.24) is 10.2 Å². The fraction of sp³-hybridized carbons (Fsp3) is 0.583. The summed E-state index contributed by atoms with van der Waals surface area (Å²) in [6, 6.07) is 3.08. The van der Waals surface area contributed by atoms with E-state index in [-0.39, 0.29) is 5.69 Å². The third kappa shape index (κ3) is 2.95. The lowest BCUT2D eigenvalue weighted by atomic mass is 10.00. The summed E-state index contributed by atoms with van der Waals surface area (Å²) in [6.45, 7) is 3.71. The predicted molar refractivity (Wildman–Crippen MR) is 65.6 cm³/mol. The van der Waals surface area contributed by atoms with Gasteiger partial charge in [-0.15, -0.1) is 10.2 Å². The van der Waals surface area contributed by atoms with Crippen molar-refractivity contribution in [3.63, 3.8) is 0 Å². The SMILES string of the molecule is CCC1OCCC1CNc1ccc(C(=O)O)nn1. The summed E-state index contributed by atoms with van der Waals surface area (Å²) < 4.78 is 5.60. The van der Waals surface area contributed by atoms with E-state index in [1.54, 1.807) is 6.07 Å². The average molecular weight is 251 g/mol. The second kappa shape index (κ2) is 5.77. The van der Waals surface area contributed by atoms with E-state index < -0.39 is 5.97 Å². The molecular weight excluding hydrogens is 234 g/mol. The van der Waals surface area contributed by atoms with Crippen LogP contribution in [-0.2, 0) is 4.74 Å². The molecule has 1 fully saturated rings. The van der Waals surface area contributed by atoms with Crippen molar-refractivity contribution < 1.29 is 14.6 Å². The standard InChI is InChI=1S/C12H17N3O3/c1-2-10-8(5-6-18-10)7-13-11-4-3-9(12(16)17)14-15-11/h3-4,8,10H,2,5-7H2,1H3,(H,13,15)(H,16,17). The molecule has 1 aliphatic heterocycles. The summed E-state index contributed by atoms with van der Waals surface area (Å²) in [7, 11) is 0. The van der Waals surface area contributed by atoms with Crippen molar-refractivity contribution in [3.05, 3.63) is 17.8 Å². The van der Waals surface area contributed by atoms with Crippen LogP contribution in [0.3, 0.4) is 0 Å². The van der Waals surface area contributed by atoms with E-state index in [4.69, 9.17) is 9.84 Å². The van der Waals surface area contributed by atoms with E-state index >= 15 is 0 Å². The van der Waals surface area contributed by atoms with Gasteiger partial charge in [0.2, 0.25) is 0 Å². The number of carboxylic acid groups (broad SMARTS) is 1. The quantitative estimate of drug-likeness (QED) is 0.823. The Labute approximate surface area is 105 Å². The van der Waals surface area contributed by atoms with Crippen molar-refractivity contribution in [2.45, 2.75) is 25.9 Å². The molecule has 0 aliphatic carbocycles. The molecule has 0 spiro atoms. The van der Waals surface area contributed by atoms with Crippen molar-refractivity contribution in [2.75, 3.05) is 18.5 Å². The summed E-state index contributed by atoms with van der Waals surface area (Å²) in [4.78, 5) is 10.6. The van der Waals surface area contributed by atoms with E-state index in [2.05, 4.69) is 22.4 Å².